The van der Waals surface area contributed by atoms with Gasteiger partial charge in [-0.05, 0) is 80.8 Å². The molecule has 0 fully saturated rings. The van der Waals surface area contributed by atoms with Gasteiger partial charge in [0.25, 0.3) is 5.91 Å². The number of hydrogen-bond donors (Lipinski definition) is 1. The summed E-state index contributed by atoms with van der Waals surface area (Å²) in [4.78, 5) is 12.1. The van der Waals surface area contributed by atoms with E-state index in [2.05, 4.69) is 43.8 Å². The van der Waals surface area contributed by atoms with Crippen LogP contribution >= 0.6 is 38.5 Å². The molecule has 0 aliphatic carbocycles. The zero-order chi connectivity index (χ0) is 15.2. The molecule has 0 spiro atoms. The van der Waals surface area contributed by atoms with E-state index in [0.29, 0.717) is 12.1 Å². The molecule has 0 saturated carbocycles. The first kappa shape index (κ1) is 16.3. The van der Waals surface area contributed by atoms with Gasteiger partial charge in [-0.25, -0.2) is 0 Å². The van der Waals surface area contributed by atoms with E-state index in [1.54, 1.807) is 7.11 Å². The van der Waals surface area contributed by atoms with Gasteiger partial charge in [-0.1, -0.05) is 12.1 Å². The Morgan fingerprint density at radius 1 is 1.24 bits per heavy atom. The van der Waals surface area contributed by atoms with E-state index in [1.165, 1.54) is 0 Å². The number of amides is 1. The van der Waals surface area contributed by atoms with E-state index in [4.69, 9.17) is 4.74 Å². The van der Waals surface area contributed by atoms with Crippen molar-refractivity contribution < 1.29 is 9.53 Å². The quantitative estimate of drug-likeness (QED) is 0.685. The van der Waals surface area contributed by atoms with Gasteiger partial charge in [-0.3, -0.25) is 4.79 Å². The summed E-state index contributed by atoms with van der Waals surface area (Å²) >= 11 is 5.60. The van der Waals surface area contributed by atoms with E-state index in [0.717, 1.165) is 25.8 Å². The molecule has 0 unspecified atom stereocenters. The van der Waals surface area contributed by atoms with Gasteiger partial charge in [0.2, 0.25) is 0 Å². The molecular weight excluding hydrogens is 445 g/mol. The molecule has 1 N–H and O–H groups in total. The van der Waals surface area contributed by atoms with Gasteiger partial charge in [0.05, 0.1) is 12.7 Å². The third-order valence-corrected chi connectivity index (χ3v) is 4.39. The molecule has 21 heavy (non-hydrogen) atoms. The van der Waals surface area contributed by atoms with Gasteiger partial charge in [-0.2, -0.15) is 0 Å². The molecule has 0 aromatic heterocycles. The molecule has 5 heteroatoms. The molecule has 2 aromatic carbocycles. The second-order valence-corrected chi connectivity index (χ2v) is 6.58. The lowest BCUT2D eigenvalue weighted by Gasteiger charge is -2.08. The van der Waals surface area contributed by atoms with Gasteiger partial charge in [-0.15, -0.1) is 0 Å². The summed E-state index contributed by atoms with van der Waals surface area (Å²) in [5.41, 5.74) is 1.83. The highest BCUT2D eigenvalue weighted by molar-refractivity contribution is 14.1. The van der Waals surface area contributed by atoms with Crippen molar-refractivity contribution in [2.75, 3.05) is 13.7 Å². The maximum absolute atomic E-state index is 12.1. The maximum Gasteiger partial charge on any atom is 0.252 e. The van der Waals surface area contributed by atoms with Crippen molar-refractivity contribution in [2.24, 2.45) is 0 Å². The van der Waals surface area contributed by atoms with Crippen LogP contribution in [0.5, 0.6) is 5.75 Å². The summed E-state index contributed by atoms with van der Waals surface area (Å²) in [6, 6.07) is 13.6. The fourth-order valence-electron chi connectivity index (χ4n) is 1.88. The number of rotatable bonds is 5. The molecule has 2 rings (SSSR count). The van der Waals surface area contributed by atoms with Crippen molar-refractivity contribution in [1.82, 2.24) is 5.32 Å². The Morgan fingerprint density at radius 2 is 1.95 bits per heavy atom. The van der Waals surface area contributed by atoms with Gasteiger partial charge in [0.15, 0.2) is 0 Å². The van der Waals surface area contributed by atoms with Crippen molar-refractivity contribution in [2.45, 2.75) is 6.42 Å². The summed E-state index contributed by atoms with van der Waals surface area (Å²) in [6.07, 6.45) is 0.789. The van der Waals surface area contributed by atoms with Gasteiger partial charge >= 0.3 is 0 Å². The minimum absolute atomic E-state index is 0.0612. The van der Waals surface area contributed by atoms with Crippen LogP contribution in [0.1, 0.15) is 15.9 Å². The summed E-state index contributed by atoms with van der Waals surface area (Å²) in [5, 5.41) is 2.94. The first-order valence-corrected chi connectivity index (χ1v) is 8.33. The Labute approximate surface area is 146 Å². The van der Waals surface area contributed by atoms with E-state index in [9.17, 15) is 4.79 Å². The molecule has 2 aromatic rings. The maximum atomic E-state index is 12.1. The Morgan fingerprint density at radius 3 is 2.62 bits per heavy atom. The fraction of sp³-hybridized carbons (Fsp3) is 0.188. The predicted octanol–water partition coefficient (Wildman–Crippen LogP) is 4.03. The van der Waals surface area contributed by atoms with Crippen LogP contribution in [-0.2, 0) is 6.42 Å². The first-order chi connectivity index (χ1) is 10.1. The number of halogens is 2. The monoisotopic (exact) mass is 459 g/mol. The Hall–Kier alpha value is -1.08. The van der Waals surface area contributed by atoms with Crippen LogP contribution < -0.4 is 10.1 Å². The average Bonchev–Trinajstić information content (AvgIpc) is 2.50. The molecular formula is C16H15BrINO2. The van der Waals surface area contributed by atoms with Gasteiger partial charge in [0.1, 0.15) is 5.75 Å². The SMILES string of the molecule is COc1ccc(CCNC(=O)c2cc(I)ccc2Br)cc1. The summed E-state index contributed by atoms with van der Waals surface area (Å²) in [7, 11) is 1.65. The molecule has 0 atom stereocenters. The smallest absolute Gasteiger partial charge is 0.252 e. The van der Waals surface area contributed by atoms with Crippen LogP contribution in [0.15, 0.2) is 46.9 Å². The van der Waals surface area contributed by atoms with E-state index in [-0.39, 0.29) is 5.91 Å². The number of methoxy groups -OCH3 is 1. The van der Waals surface area contributed by atoms with Crippen molar-refractivity contribution in [3.63, 3.8) is 0 Å². The summed E-state index contributed by atoms with van der Waals surface area (Å²) in [5.74, 6) is 0.777. The average molecular weight is 460 g/mol. The second-order valence-electron chi connectivity index (χ2n) is 4.48. The lowest BCUT2D eigenvalue weighted by Crippen LogP contribution is -2.26. The first-order valence-electron chi connectivity index (χ1n) is 6.46. The molecule has 0 aliphatic heterocycles. The molecule has 0 heterocycles. The molecule has 0 bridgehead atoms. The lowest BCUT2D eigenvalue weighted by atomic mass is 10.1. The third kappa shape index (κ3) is 4.71. The predicted molar refractivity (Wildman–Crippen MR) is 95.9 cm³/mol. The Balaban J connectivity index is 1.90. The highest BCUT2D eigenvalue weighted by atomic mass is 127. The lowest BCUT2D eigenvalue weighted by molar-refractivity contribution is 0.0953. The number of ether oxygens (including phenoxy) is 1. The number of carbonyl (C=O) groups excluding carboxylic acids is 1. The zero-order valence-corrected chi connectivity index (χ0v) is 15.3. The minimum Gasteiger partial charge on any atom is -0.497 e. The normalized spacial score (nSPS) is 10.2. The molecule has 0 saturated heterocycles. The van der Waals surface area contributed by atoms with E-state index < -0.39 is 0 Å². The zero-order valence-electron chi connectivity index (χ0n) is 11.5. The van der Waals surface area contributed by atoms with Crippen LogP contribution in [-0.4, -0.2) is 19.6 Å². The largest absolute Gasteiger partial charge is 0.497 e. The van der Waals surface area contributed by atoms with Gasteiger partial charge < -0.3 is 10.1 Å². The molecule has 3 nitrogen and oxygen atoms in total. The Kier molecular flexibility index (Phi) is 6.05. The fourth-order valence-corrected chi connectivity index (χ4v) is 2.80. The van der Waals surface area contributed by atoms with Crippen molar-refractivity contribution in [3.8, 4) is 5.75 Å². The van der Waals surface area contributed by atoms with Crippen LogP contribution in [0.2, 0.25) is 0 Å². The Bertz CT molecular complexity index is 629. The van der Waals surface area contributed by atoms with Crippen LogP contribution in [0.25, 0.3) is 0 Å². The van der Waals surface area contributed by atoms with Gasteiger partial charge in [0, 0.05) is 14.6 Å². The van der Waals surface area contributed by atoms with Crippen molar-refractivity contribution >= 4 is 44.4 Å². The van der Waals surface area contributed by atoms with Crippen LogP contribution in [0, 0.1) is 3.57 Å². The van der Waals surface area contributed by atoms with Crippen molar-refractivity contribution in [1.29, 1.82) is 0 Å². The molecule has 0 aliphatic rings. The number of hydrogen-bond acceptors (Lipinski definition) is 2. The van der Waals surface area contributed by atoms with Crippen LogP contribution in [0.4, 0.5) is 0 Å². The highest BCUT2D eigenvalue weighted by Crippen LogP contribution is 2.19. The molecule has 110 valence electrons. The summed E-state index contributed by atoms with van der Waals surface area (Å²) in [6.45, 7) is 0.600. The number of benzene rings is 2. The topological polar surface area (TPSA) is 38.3 Å². The third-order valence-electron chi connectivity index (χ3n) is 3.03. The number of nitrogens with one attached hydrogen (secondary N) is 1. The highest BCUT2D eigenvalue weighted by Gasteiger charge is 2.09. The number of carbonyl (C=O) groups is 1. The molecule has 1 amide bonds. The van der Waals surface area contributed by atoms with Crippen molar-refractivity contribution in [3.05, 3.63) is 61.6 Å². The second kappa shape index (κ2) is 7.79. The van der Waals surface area contributed by atoms with E-state index in [1.807, 2.05) is 42.5 Å². The van der Waals surface area contributed by atoms with E-state index >= 15 is 0 Å². The minimum atomic E-state index is -0.0612. The molecule has 0 radical (unpaired) electrons. The summed E-state index contributed by atoms with van der Waals surface area (Å²) < 4.78 is 6.97. The van der Waals surface area contributed by atoms with Crippen LogP contribution in [0.3, 0.4) is 0 Å². The standard InChI is InChI=1S/C16H15BrINO2/c1-21-13-5-2-11(3-6-13)8-9-19-16(20)14-10-12(18)4-7-15(14)17/h2-7,10H,8-9H2,1H3,(H,19,20).